The Kier molecular flexibility index (Phi) is 3.64. The molecule has 23 heavy (non-hydrogen) atoms. The Morgan fingerprint density at radius 2 is 1.87 bits per heavy atom. The maximum absolute atomic E-state index is 12.9. The molecule has 2 aromatic rings. The van der Waals surface area contributed by atoms with Gasteiger partial charge in [0.25, 0.3) is 5.91 Å². The molecule has 1 heterocycles. The molecule has 0 atom stereocenters. The summed E-state index contributed by atoms with van der Waals surface area (Å²) in [6, 6.07) is 10.2. The fourth-order valence-electron chi connectivity index (χ4n) is 2.53. The maximum Gasteiger partial charge on any atom is 0.255 e. The van der Waals surface area contributed by atoms with Crippen LogP contribution < -0.4 is 10.1 Å². The predicted molar refractivity (Wildman–Crippen MR) is 84.4 cm³/mol. The van der Waals surface area contributed by atoms with Crippen molar-refractivity contribution in [3.8, 4) is 5.75 Å². The molecule has 2 aromatic carbocycles. The number of carbonyl (C=O) groups is 2. The molecule has 118 valence electrons. The number of anilines is 1. The van der Waals surface area contributed by atoms with Gasteiger partial charge in [-0.25, -0.2) is 4.39 Å². The van der Waals surface area contributed by atoms with Crippen molar-refractivity contribution in [2.24, 2.45) is 0 Å². The van der Waals surface area contributed by atoms with Crippen LogP contribution in [0.3, 0.4) is 0 Å². The second-order valence-electron chi connectivity index (χ2n) is 6.13. The number of ketones is 1. The molecule has 0 aromatic heterocycles. The molecular weight excluding hydrogens is 297 g/mol. The van der Waals surface area contributed by atoms with E-state index in [0.717, 1.165) is 0 Å². The highest BCUT2D eigenvalue weighted by atomic mass is 19.1. The van der Waals surface area contributed by atoms with E-state index in [1.54, 1.807) is 18.2 Å². The molecule has 0 saturated heterocycles. The Labute approximate surface area is 133 Å². The average Bonchev–Trinajstić information content (AvgIpc) is 2.47. The van der Waals surface area contributed by atoms with Crippen LogP contribution >= 0.6 is 0 Å². The van der Waals surface area contributed by atoms with Crippen LogP contribution in [0.25, 0.3) is 0 Å². The monoisotopic (exact) mass is 313 g/mol. The van der Waals surface area contributed by atoms with Gasteiger partial charge in [0.05, 0.1) is 12.0 Å². The molecular formula is C18H16FNO3. The zero-order chi connectivity index (χ0) is 16.6. The second kappa shape index (κ2) is 5.50. The molecule has 0 bridgehead atoms. The van der Waals surface area contributed by atoms with Gasteiger partial charge in [-0.1, -0.05) is 0 Å². The van der Waals surface area contributed by atoms with Crippen molar-refractivity contribution in [3.63, 3.8) is 0 Å². The Morgan fingerprint density at radius 3 is 2.57 bits per heavy atom. The molecule has 1 aliphatic heterocycles. The molecule has 0 saturated carbocycles. The molecule has 0 radical (unpaired) electrons. The summed E-state index contributed by atoms with van der Waals surface area (Å²) in [5.41, 5.74) is 0.770. The molecule has 3 rings (SSSR count). The number of ether oxygens (including phenoxy) is 1. The summed E-state index contributed by atoms with van der Waals surface area (Å²) in [6.45, 7) is 3.72. The molecule has 1 N–H and O–H groups in total. The van der Waals surface area contributed by atoms with Crippen molar-refractivity contribution in [1.82, 2.24) is 0 Å². The first kappa shape index (κ1) is 15.2. The third kappa shape index (κ3) is 3.23. The minimum atomic E-state index is -0.525. The Bertz CT molecular complexity index is 781. The number of Topliss-reactive ketones (excluding diaryl/α,β-unsaturated/α-hetero) is 1. The maximum atomic E-state index is 12.9. The van der Waals surface area contributed by atoms with Crippen LogP contribution in [0.4, 0.5) is 10.1 Å². The first-order valence-corrected chi connectivity index (χ1v) is 7.27. The van der Waals surface area contributed by atoms with E-state index >= 15 is 0 Å². The fraction of sp³-hybridized carbons (Fsp3) is 0.222. The fourth-order valence-corrected chi connectivity index (χ4v) is 2.53. The summed E-state index contributed by atoms with van der Waals surface area (Å²) in [5, 5.41) is 2.70. The summed E-state index contributed by atoms with van der Waals surface area (Å²) in [6.07, 6.45) is 0.287. The SMILES string of the molecule is CC1(C)CC(=O)c2cc(NC(=O)c3ccc(F)cc3)ccc2O1. The highest BCUT2D eigenvalue weighted by Crippen LogP contribution is 2.34. The zero-order valence-corrected chi connectivity index (χ0v) is 12.9. The minimum absolute atomic E-state index is 0.0193. The lowest BCUT2D eigenvalue weighted by atomic mass is 9.93. The third-order valence-corrected chi connectivity index (χ3v) is 3.62. The molecule has 5 heteroatoms. The minimum Gasteiger partial charge on any atom is -0.487 e. The smallest absolute Gasteiger partial charge is 0.255 e. The molecule has 4 nitrogen and oxygen atoms in total. The lowest BCUT2D eigenvalue weighted by molar-refractivity contribution is 0.0620. The van der Waals surface area contributed by atoms with Crippen molar-refractivity contribution in [2.45, 2.75) is 25.9 Å². The van der Waals surface area contributed by atoms with E-state index in [1.807, 2.05) is 13.8 Å². The van der Waals surface area contributed by atoms with Crippen molar-refractivity contribution in [2.75, 3.05) is 5.32 Å². The first-order valence-electron chi connectivity index (χ1n) is 7.27. The molecule has 1 amide bonds. The van der Waals surface area contributed by atoms with Gasteiger partial charge in [-0.15, -0.1) is 0 Å². The van der Waals surface area contributed by atoms with Crippen LogP contribution in [0.2, 0.25) is 0 Å². The average molecular weight is 313 g/mol. The summed E-state index contributed by atoms with van der Waals surface area (Å²) >= 11 is 0. The molecule has 0 aliphatic carbocycles. The standard InChI is InChI=1S/C18H16FNO3/c1-18(2)10-15(21)14-9-13(7-8-16(14)23-18)20-17(22)11-3-5-12(19)6-4-11/h3-9H,10H2,1-2H3,(H,20,22). The van der Waals surface area contributed by atoms with E-state index in [2.05, 4.69) is 5.32 Å². The third-order valence-electron chi connectivity index (χ3n) is 3.62. The number of halogens is 1. The zero-order valence-electron chi connectivity index (χ0n) is 12.9. The number of hydrogen-bond donors (Lipinski definition) is 1. The lowest BCUT2D eigenvalue weighted by Gasteiger charge is -2.31. The van der Waals surface area contributed by atoms with Gasteiger partial charge >= 0.3 is 0 Å². The quantitative estimate of drug-likeness (QED) is 0.917. The van der Waals surface area contributed by atoms with E-state index in [1.165, 1.54) is 24.3 Å². The van der Waals surface area contributed by atoms with Crippen LogP contribution in [0.15, 0.2) is 42.5 Å². The van der Waals surface area contributed by atoms with Crippen LogP contribution in [0, 0.1) is 5.82 Å². The summed E-state index contributed by atoms with van der Waals surface area (Å²) in [4.78, 5) is 24.3. The van der Waals surface area contributed by atoms with Gasteiger partial charge in [-0.3, -0.25) is 9.59 Å². The lowest BCUT2D eigenvalue weighted by Crippen LogP contribution is -2.35. The predicted octanol–water partition coefficient (Wildman–Crippen LogP) is 3.82. The van der Waals surface area contributed by atoms with Gasteiger partial charge in [0.2, 0.25) is 0 Å². The van der Waals surface area contributed by atoms with Gasteiger partial charge in [0.15, 0.2) is 5.78 Å². The highest BCUT2D eigenvalue weighted by Gasteiger charge is 2.32. The Hall–Kier alpha value is -2.69. The number of hydrogen-bond acceptors (Lipinski definition) is 3. The van der Waals surface area contributed by atoms with Gasteiger partial charge in [0.1, 0.15) is 17.2 Å². The highest BCUT2D eigenvalue weighted by molar-refractivity contribution is 6.06. The van der Waals surface area contributed by atoms with Crippen molar-refractivity contribution in [3.05, 3.63) is 59.4 Å². The number of fused-ring (bicyclic) bond motifs is 1. The van der Waals surface area contributed by atoms with Gasteiger partial charge in [0, 0.05) is 11.3 Å². The van der Waals surface area contributed by atoms with E-state index in [9.17, 15) is 14.0 Å². The van der Waals surface area contributed by atoms with Crippen molar-refractivity contribution in [1.29, 1.82) is 0 Å². The van der Waals surface area contributed by atoms with E-state index in [-0.39, 0.29) is 18.1 Å². The Balaban J connectivity index is 1.83. The first-order chi connectivity index (χ1) is 10.8. The number of rotatable bonds is 2. The summed E-state index contributed by atoms with van der Waals surface area (Å²) in [7, 11) is 0. The van der Waals surface area contributed by atoms with E-state index < -0.39 is 11.4 Å². The van der Waals surface area contributed by atoms with Gasteiger partial charge in [-0.2, -0.15) is 0 Å². The van der Waals surface area contributed by atoms with E-state index in [4.69, 9.17) is 4.74 Å². The largest absolute Gasteiger partial charge is 0.487 e. The van der Waals surface area contributed by atoms with Crippen LogP contribution in [0.5, 0.6) is 5.75 Å². The van der Waals surface area contributed by atoms with Crippen molar-refractivity contribution >= 4 is 17.4 Å². The topological polar surface area (TPSA) is 55.4 Å². The molecule has 0 fully saturated rings. The number of benzene rings is 2. The number of nitrogens with one attached hydrogen (secondary N) is 1. The summed E-state index contributed by atoms with van der Waals surface area (Å²) < 4.78 is 18.7. The number of amides is 1. The normalized spacial score (nSPS) is 15.5. The molecule has 1 aliphatic rings. The van der Waals surface area contributed by atoms with Crippen LogP contribution in [0.1, 0.15) is 41.0 Å². The van der Waals surface area contributed by atoms with Crippen LogP contribution in [-0.2, 0) is 0 Å². The number of carbonyl (C=O) groups excluding carboxylic acids is 2. The van der Waals surface area contributed by atoms with Crippen molar-refractivity contribution < 1.29 is 18.7 Å². The molecule has 0 unspecified atom stereocenters. The Morgan fingerprint density at radius 1 is 1.17 bits per heavy atom. The second-order valence-corrected chi connectivity index (χ2v) is 6.13. The summed E-state index contributed by atoms with van der Waals surface area (Å²) in [5.74, 6) is -0.268. The van der Waals surface area contributed by atoms with Crippen LogP contribution in [-0.4, -0.2) is 17.3 Å². The van der Waals surface area contributed by atoms with E-state index in [0.29, 0.717) is 22.6 Å². The van der Waals surface area contributed by atoms with Gasteiger partial charge in [-0.05, 0) is 56.3 Å². The van der Waals surface area contributed by atoms with Gasteiger partial charge < -0.3 is 10.1 Å². The molecule has 0 spiro atoms.